The summed E-state index contributed by atoms with van der Waals surface area (Å²) in [5.41, 5.74) is 2.52. The number of sulfone groups is 1. The van der Waals surface area contributed by atoms with Crippen molar-refractivity contribution in [2.24, 2.45) is 0 Å². The Morgan fingerprint density at radius 1 is 1.10 bits per heavy atom. The van der Waals surface area contributed by atoms with Gasteiger partial charge in [0.1, 0.15) is 5.52 Å². The van der Waals surface area contributed by atoms with E-state index in [-0.39, 0.29) is 22.4 Å². The normalized spacial score (nSPS) is 17.0. The second-order valence-electron chi connectivity index (χ2n) is 11.9. The van der Waals surface area contributed by atoms with Crippen molar-refractivity contribution in [3.63, 3.8) is 0 Å². The fourth-order valence-corrected chi connectivity index (χ4v) is 6.31. The molecular formula is C30H35BN4O6S. The van der Waals surface area contributed by atoms with Gasteiger partial charge in [0.2, 0.25) is 9.84 Å². The van der Waals surface area contributed by atoms with E-state index in [1.807, 2.05) is 40.7 Å². The van der Waals surface area contributed by atoms with Crippen LogP contribution in [0, 0.1) is 6.92 Å². The number of hydrogen-bond acceptors (Lipinski definition) is 8. The van der Waals surface area contributed by atoms with E-state index in [2.05, 4.69) is 15.0 Å². The number of hydrogen-bond donors (Lipinski definition) is 2. The highest BCUT2D eigenvalue weighted by molar-refractivity contribution is 7.91. The fourth-order valence-electron chi connectivity index (χ4n) is 4.87. The third kappa shape index (κ3) is 5.35. The van der Waals surface area contributed by atoms with Gasteiger partial charge >= 0.3 is 7.12 Å². The minimum absolute atomic E-state index is 0.0518. The van der Waals surface area contributed by atoms with Gasteiger partial charge in [-0.15, -0.1) is 0 Å². The Kier molecular flexibility index (Phi) is 7.55. The van der Waals surface area contributed by atoms with Crippen molar-refractivity contribution in [1.82, 2.24) is 19.9 Å². The molecule has 5 rings (SSSR count). The quantitative estimate of drug-likeness (QED) is 0.313. The molecule has 1 atom stereocenters. The number of rotatable bonds is 7. The molecule has 12 heteroatoms. The minimum atomic E-state index is -4.13. The molecule has 1 amide bonds. The van der Waals surface area contributed by atoms with Crippen LogP contribution in [0.1, 0.15) is 50.5 Å². The van der Waals surface area contributed by atoms with Gasteiger partial charge in [-0.3, -0.25) is 4.79 Å². The smallest absolute Gasteiger partial charge is 0.399 e. The maximum absolute atomic E-state index is 14.1. The molecule has 0 spiro atoms. The molecule has 3 heterocycles. The van der Waals surface area contributed by atoms with Gasteiger partial charge in [-0.2, -0.15) is 0 Å². The standard InChI is InChI=1S/C30H35BN4O6S/c1-18-8-13-23(31-40-29(3,4)30(5,6)41-31)24(14-18)42(38,39)25-16-33-27-26(34-25)22(15-32-27)20-9-11-21(12-10-20)28(37)35(7)17-19(2)36/h8-16,19,36H,17H2,1-7H3,(H,32,33)/t19-/m1/s1. The highest BCUT2D eigenvalue weighted by atomic mass is 32.2. The Hall–Kier alpha value is -3.58. The predicted octanol–water partition coefficient (Wildman–Crippen LogP) is 3.52. The molecular weight excluding hydrogens is 555 g/mol. The maximum atomic E-state index is 14.1. The summed E-state index contributed by atoms with van der Waals surface area (Å²) < 4.78 is 40.5. The summed E-state index contributed by atoms with van der Waals surface area (Å²) in [6, 6.07) is 12.1. The number of H-pyrrole nitrogens is 1. The van der Waals surface area contributed by atoms with Crippen molar-refractivity contribution in [2.75, 3.05) is 13.6 Å². The van der Waals surface area contributed by atoms with Gasteiger partial charge in [0, 0.05) is 36.4 Å². The van der Waals surface area contributed by atoms with Gasteiger partial charge in [0.25, 0.3) is 5.91 Å². The summed E-state index contributed by atoms with van der Waals surface area (Å²) in [5, 5.41) is 9.40. The maximum Gasteiger partial charge on any atom is 0.496 e. The van der Waals surface area contributed by atoms with Crippen molar-refractivity contribution >= 4 is 39.5 Å². The molecule has 1 fully saturated rings. The number of aromatic nitrogens is 3. The lowest BCUT2D eigenvalue weighted by Crippen LogP contribution is -2.41. The third-order valence-corrected chi connectivity index (χ3v) is 9.61. The van der Waals surface area contributed by atoms with E-state index in [1.165, 1.54) is 11.1 Å². The zero-order valence-electron chi connectivity index (χ0n) is 24.8. The Labute approximate surface area is 246 Å². The molecule has 4 aromatic rings. The van der Waals surface area contributed by atoms with Crippen LogP contribution in [0.5, 0.6) is 0 Å². The van der Waals surface area contributed by atoms with Crippen LogP contribution in [-0.2, 0) is 19.1 Å². The molecule has 0 aliphatic carbocycles. The molecule has 0 bridgehead atoms. The van der Waals surface area contributed by atoms with E-state index < -0.39 is 34.3 Å². The molecule has 0 unspecified atom stereocenters. The van der Waals surface area contributed by atoms with Gasteiger partial charge in [-0.25, -0.2) is 18.4 Å². The average Bonchev–Trinajstić information content (AvgIpc) is 3.44. The molecule has 10 nitrogen and oxygen atoms in total. The fraction of sp³-hybridized carbons (Fsp3) is 0.367. The summed E-state index contributed by atoms with van der Waals surface area (Å²) in [4.78, 5) is 26.2. The molecule has 1 aliphatic rings. The van der Waals surface area contributed by atoms with Crippen LogP contribution in [0.4, 0.5) is 0 Å². The van der Waals surface area contributed by atoms with Gasteiger partial charge in [-0.05, 0) is 70.9 Å². The Morgan fingerprint density at radius 3 is 2.36 bits per heavy atom. The van der Waals surface area contributed by atoms with E-state index in [0.717, 1.165) is 11.1 Å². The average molecular weight is 591 g/mol. The molecule has 1 saturated heterocycles. The number of carbonyl (C=O) groups excluding carboxylic acids is 1. The first-order valence-corrected chi connectivity index (χ1v) is 15.2. The van der Waals surface area contributed by atoms with Crippen LogP contribution in [-0.4, -0.2) is 77.3 Å². The lowest BCUT2D eigenvalue weighted by molar-refractivity contribution is 0.00578. The first-order chi connectivity index (χ1) is 19.6. The summed E-state index contributed by atoms with van der Waals surface area (Å²) >= 11 is 0. The number of aliphatic hydroxyl groups excluding tert-OH is 1. The monoisotopic (exact) mass is 590 g/mol. The largest absolute Gasteiger partial charge is 0.496 e. The summed E-state index contributed by atoms with van der Waals surface area (Å²) in [5.74, 6) is -0.217. The lowest BCUT2D eigenvalue weighted by atomic mass is 9.79. The number of aliphatic hydroxyl groups is 1. The molecule has 220 valence electrons. The van der Waals surface area contributed by atoms with Crippen LogP contribution < -0.4 is 5.46 Å². The Morgan fingerprint density at radius 2 is 1.74 bits per heavy atom. The first kappa shape index (κ1) is 29.9. The number of nitrogens with one attached hydrogen (secondary N) is 1. The number of amides is 1. The number of benzene rings is 2. The predicted molar refractivity (Wildman–Crippen MR) is 160 cm³/mol. The molecule has 2 N–H and O–H groups in total. The van der Waals surface area contributed by atoms with E-state index in [4.69, 9.17) is 9.31 Å². The van der Waals surface area contributed by atoms with Crippen molar-refractivity contribution < 1.29 is 27.6 Å². The second-order valence-corrected chi connectivity index (χ2v) is 13.7. The molecule has 2 aromatic carbocycles. The first-order valence-electron chi connectivity index (χ1n) is 13.7. The molecule has 42 heavy (non-hydrogen) atoms. The highest BCUT2D eigenvalue weighted by Crippen LogP contribution is 2.37. The van der Waals surface area contributed by atoms with Crippen LogP contribution in [0.25, 0.3) is 22.3 Å². The number of fused-ring (bicyclic) bond motifs is 1. The van der Waals surface area contributed by atoms with Crippen molar-refractivity contribution in [1.29, 1.82) is 0 Å². The van der Waals surface area contributed by atoms with E-state index in [9.17, 15) is 18.3 Å². The summed E-state index contributed by atoms with van der Waals surface area (Å²) in [6.07, 6.45) is 2.31. The number of carbonyl (C=O) groups is 1. The van der Waals surface area contributed by atoms with Gasteiger partial charge in [0.05, 0.1) is 28.4 Å². The van der Waals surface area contributed by atoms with Crippen LogP contribution >= 0.6 is 0 Å². The molecule has 0 radical (unpaired) electrons. The van der Waals surface area contributed by atoms with Crippen LogP contribution in [0.2, 0.25) is 0 Å². The molecule has 0 saturated carbocycles. The SMILES string of the molecule is Cc1ccc(B2OC(C)(C)C(C)(C)O2)c(S(=O)(=O)c2cnc3[nH]cc(-c4ccc(C(=O)N(C)C[C@@H](C)O)cc4)c3n2)c1. The van der Waals surface area contributed by atoms with E-state index in [0.29, 0.717) is 27.8 Å². The zero-order valence-corrected chi connectivity index (χ0v) is 25.6. The minimum Gasteiger partial charge on any atom is -0.399 e. The van der Waals surface area contributed by atoms with Crippen molar-refractivity contribution in [2.45, 2.75) is 68.8 Å². The number of aromatic amines is 1. The van der Waals surface area contributed by atoms with Crippen LogP contribution in [0.3, 0.4) is 0 Å². The van der Waals surface area contributed by atoms with E-state index >= 15 is 0 Å². The summed E-state index contributed by atoms with van der Waals surface area (Å²) in [6.45, 7) is 11.3. The summed E-state index contributed by atoms with van der Waals surface area (Å²) in [7, 11) is -3.37. The van der Waals surface area contributed by atoms with Crippen molar-refractivity contribution in [3.8, 4) is 11.1 Å². The number of likely N-dealkylation sites (N-methyl/N-ethyl adjacent to an activating group) is 1. The third-order valence-electron chi connectivity index (χ3n) is 7.93. The number of aryl methyl sites for hydroxylation is 1. The molecule has 1 aliphatic heterocycles. The van der Waals surface area contributed by atoms with E-state index in [1.54, 1.807) is 56.6 Å². The zero-order chi connectivity index (χ0) is 30.6. The van der Waals surface area contributed by atoms with Gasteiger partial charge in [-0.1, -0.05) is 24.3 Å². The Balaban J connectivity index is 1.52. The van der Waals surface area contributed by atoms with Crippen LogP contribution in [0.15, 0.2) is 64.8 Å². The van der Waals surface area contributed by atoms with Gasteiger partial charge < -0.3 is 24.3 Å². The van der Waals surface area contributed by atoms with Crippen molar-refractivity contribution in [3.05, 3.63) is 66.0 Å². The Bertz CT molecular complexity index is 1750. The molecule has 2 aromatic heterocycles. The second kappa shape index (κ2) is 10.6. The topological polar surface area (TPSA) is 135 Å². The lowest BCUT2D eigenvalue weighted by Gasteiger charge is -2.32. The number of nitrogens with zero attached hydrogens (tertiary/aromatic N) is 3. The van der Waals surface area contributed by atoms with Gasteiger partial charge in [0.15, 0.2) is 10.7 Å². The highest BCUT2D eigenvalue weighted by Gasteiger charge is 2.53.